The molecule has 1 atom stereocenters. The molecule has 0 aromatic carbocycles. The van der Waals surface area contributed by atoms with Crippen molar-refractivity contribution in [1.29, 1.82) is 0 Å². The van der Waals surface area contributed by atoms with Crippen molar-refractivity contribution in [2.45, 2.75) is 135 Å². The van der Waals surface area contributed by atoms with Gasteiger partial charge < -0.3 is 10.2 Å². The van der Waals surface area contributed by atoms with Crippen LogP contribution in [0.1, 0.15) is 129 Å². The zero-order valence-corrected chi connectivity index (χ0v) is 16.8. The molecule has 0 saturated carbocycles. The molecule has 2 N–H and O–H groups in total. The highest BCUT2D eigenvalue weighted by atomic mass is 16.4. The van der Waals surface area contributed by atoms with Crippen LogP contribution in [0.25, 0.3) is 0 Å². The Morgan fingerprint density at radius 3 is 1.40 bits per heavy atom. The molecular weight excluding hydrogens is 312 g/mol. The maximum absolute atomic E-state index is 10.4. The van der Waals surface area contributed by atoms with E-state index in [4.69, 9.17) is 5.11 Å². The van der Waals surface area contributed by atoms with Gasteiger partial charge in [0.15, 0.2) is 0 Å². The molecule has 0 spiro atoms. The van der Waals surface area contributed by atoms with E-state index in [1.807, 2.05) is 0 Å². The molecule has 0 heterocycles. The second kappa shape index (κ2) is 19.8. The van der Waals surface area contributed by atoms with Crippen molar-refractivity contribution >= 4 is 5.97 Å². The van der Waals surface area contributed by atoms with Crippen LogP contribution >= 0.6 is 0 Å². The van der Waals surface area contributed by atoms with E-state index >= 15 is 0 Å². The third kappa shape index (κ3) is 21.4. The van der Waals surface area contributed by atoms with Crippen LogP contribution in [0.4, 0.5) is 0 Å². The first-order valence-electron chi connectivity index (χ1n) is 11.1. The number of hydrogen-bond acceptors (Lipinski definition) is 2. The minimum atomic E-state index is -0.664. The average Bonchev–Trinajstić information content (AvgIpc) is 2.58. The Bertz CT molecular complexity index is 278. The Morgan fingerprint density at radius 1 is 0.640 bits per heavy atom. The zero-order chi connectivity index (χ0) is 18.6. The third-order valence-electron chi connectivity index (χ3n) is 5.07. The van der Waals surface area contributed by atoms with Crippen LogP contribution in [0.15, 0.2) is 0 Å². The van der Waals surface area contributed by atoms with E-state index in [1.54, 1.807) is 0 Å². The molecule has 0 aliphatic carbocycles. The molecule has 0 aliphatic heterocycles. The summed E-state index contributed by atoms with van der Waals surface area (Å²) in [5.74, 6) is -0.664. The lowest BCUT2D eigenvalue weighted by Gasteiger charge is -2.09. The Balaban J connectivity index is 3.08. The number of carboxylic acid groups (broad SMARTS) is 1. The molecule has 0 radical (unpaired) electrons. The van der Waals surface area contributed by atoms with Gasteiger partial charge in [-0.15, -0.1) is 0 Å². The van der Waals surface area contributed by atoms with Gasteiger partial charge in [-0.05, 0) is 19.3 Å². The van der Waals surface area contributed by atoms with E-state index in [0.29, 0.717) is 6.42 Å². The quantitative estimate of drug-likeness (QED) is 0.234. The van der Waals surface area contributed by atoms with Crippen LogP contribution in [-0.4, -0.2) is 22.3 Å². The monoisotopic (exact) mass is 356 g/mol. The van der Waals surface area contributed by atoms with Crippen molar-refractivity contribution < 1.29 is 15.0 Å². The molecular formula is C22H44O3. The highest BCUT2D eigenvalue weighted by molar-refractivity contribution is 5.66. The van der Waals surface area contributed by atoms with Gasteiger partial charge in [0, 0.05) is 6.42 Å². The summed E-state index contributed by atoms with van der Waals surface area (Å²) in [5.41, 5.74) is 0. The van der Waals surface area contributed by atoms with E-state index in [-0.39, 0.29) is 6.10 Å². The van der Waals surface area contributed by atoms with Gasteiger partial charge >= 0.3 is 5.97 Å². The molecule has 0 amide bonds. The highest BCUT2D eigenvalue weighted by Crippen LogP contribution is 2.15. The lowest BCUT2D eigenvalue weighted by atomic mass is 10.0. The van der Waals surface area contributed by atoms with E-state index in [0.717, 1.165) is 25.7 Å². The number of carboxylic acids is 1. The van der Waals surface area contributed by atoms with Crippen molar-refractivity contribution in [3.05, 3.63) is 0 Å². The molecule has 25 heavy (non-hydrogen) atoms. The molecule has 0 saturated heterocycles. The molecule has 0 aliphatic rings. The normalized spacial score (nSPS) is 12.4. The first-order chi connectivity index (χ1) is 12.2. The standard InChI is InChI=1S/C22H44O3/c1-2-3-15-18-21(23)19-16-13-11-9-7-5-4-6-8-10-12-14-17-20-22(24)25/h21,23H,2-20H2,1H3,(H,24,25). The van der Waals surface area contributed by atoms with Crippen LogP contribution in [0, 0.1) is 0 Å². The van der Waals surface area contributed by atoms with Crippen LogP contribution < -0.4 is 0 Å². The Labute approximate surface area is 156 Å². The van der Waals surface area contributed by atoms with E-state index in [1.165, 1.54) is 89.9 Å². The number of rotatable bonds is 20. The Hall–Kier alpha value is -0.570. The second-order valence-electron chi connectivity index (χ2n) is 7.68. The van der Waals surface area contributed by atoms with Crippen molar-refractivity contribution in [3.63, 3.8) is 0 Å². The van der Waals surface area contributed by atoms with Crippen molar-refractivity contribution in [1.82, 2.24) is 0 Å². The number of hydrogen-bond donors (Lipinski definition) is 2. The summed E-state index contributed by atoms with van der Waals surface area (Å²) in [7, 11) is 0. The number of aliphatic hydroxyl groups excluding tert-OH is 1. The summed E-state index contributed by atoms with van der Waals surface area (Å²) < 4.78 is 0. The number of unbranched alkanes of at least 4 members (excludes halogenated alkanes) is 14. The predicted octanol–water partition coefficient (Wildman–Crippen LogP) is 6.86. The van der Waals surface area contributed by atoms with Crippen molar-refractivity contribution in [2.75, 3.05) is 0 Å². The fourth-order valence-electron chi connectivity index (χ4n) is 3.38. The second-order valence-corrected chi connectivity index (χ2v) is 7.68. The number of aliphatic hydroxyl groups is 1. The Morgan fingerprint density at radius 2 is 1.00 bits per heavy atom. The SMILES string of the molecule is CCCCCC(O)CCCCCCCCCCCCCCCC(=O)O. The first-order valence-corrected chi connectivity index (χ1v) is 11.1. The van der Waals surface area contributed by atoms with Gasteiger partial charge in [-0.25, -0.2) is 0 Å². The summed E-state index contributed by atoms with van der Waals surface area (Å²) in [6.45, 7) is 2.21. The molecule has 1 unspecified atom stereocenters. The Kier molecular flexibility index (Phi) is 19.3. The van der Waals surface area contributed by atoms with Gasteiger partial charge in [0.1, 0.15) is 0 Å². The summed E-state index contributed by atoms with van der Waals surface area (Å²) in [6, 6.07) is 0. The van der Waals surface area contributed by atoms with Gasteiger partial charge in [-0.1, -0.05) is 103 Å². The third-order valence-corrected chi connectivity index (χ3v) is 5.07. The van der Waals surface area contributed by atoms with Gasteiger partial charge in [-0.2, -0.15) is 0 Å². The predicted molar refractivity (Wildman–Crippen MR) is 107 cm³/mol. The van der Waals surface area contributed by atoms with Crippen LogP contribution in [0.3, 0.4) is 0 Å². The molecule has 0 fully saturated rings. The van der Waals surface area contributed by atoms with Crippen LogP contribution in [0.5, 0.6) is 0 Å². The number of carbonyl (C=O) groups is 1. The maximum Gasteiger partial charge on any atom is 0.303 e. The average molecular weight is 357 g/mol. The molecule has 3 heteroatoms. The van der Waals surface area contributed by atoms with E-state index < -0.39 is 5.97 Å². The van der Waals surface area contributed by atoms with Crippen LogP contribution in [-0.2, 0) is 4.79 Å². The van der Waals surface area contributed by atoms with Gasteiger partial charge in [0.2, 0.25) is 0 Å². The summed E-state index contributed by atoms with van der Waals surface area (Å²) in [6.07, 6.45) is 22.2. The van der Waals surface area contributed by atoms with Gasteiger partial charge in [0.05, 0.1) is 6.10 Å². The van der Waals surface area contributed by atoms with Crippen LogP contribution in [0.2, 0.25) is 0 Å². The maximum atomic E-state index is 10.4. The lowest BCUT2D eigenvalue weighted by molar-refractivity contribution is -0.137. The lowest BCUT2D eigenvalue weighted by Crippen LogP contribution is -2.05. The molecule has 0 rings (SSSR count). The minimum absolute atomic E-state index is 0.0596. The molecule has 3 nitrogen and oxygen atoms in total. The van der Waals surface area contributed by atoms with Crippen molar-refractivity contribution in [2.24, 2.45) is 0 Å². The van der Waals surface area contributed by atoms with Crippen molar-refractivity contribution in [3.8, 4) is 0 Å². The van der Waals surface area contributed by atoms with E-state index in [2.05, 4.69) is 6.92 Å². The van der Waals surface area contributed by atoms with E-state index in [9.17, 15) is 9.90 Å². The number of aliphatic carboxylic acids is 1. The fourth-order valence-corrected chi connectivity index (χ4v) is 3.38. The molecule has 0 aromatic heterocycles. The summed E-state index contributed by atoms with van der Waals surface area (Å²) in [5, 5.41) is 18.4. The zero-order valence-electron chi connectivity index (χ0n) is 16.8. The smallest absolute Gasteiger partial charge is 0.303 e. The molecule has 150 valence electrons. The molecule has 0 aromatic rings. The topological polar surface area (TPSA) is 57.5 Å². The largest absolute Gasteiger partial charge is 0.481 e. The fraction of sp³-hybridized carbons (Fsp3) is 0.955. The highest BCUT2D eigenvalue weighted by Gasteiger charge is 2.03. The minimum Gasteiger partial charge on any atom is -0.481 e. The molecule has 0 bridgehead atoms. The summed E-state index contributed by atoms with van der Waals surface area (Å²) >= 11 is 0. The van der Waals surface area contributed by atoms with Gasteiger partial charge in [0.25, 0.3) is 0 Å². The first kappa shape index (κ1) is 24.4. The summed E-state index contributed by atoms with van der Waals surface area (Å²) in [4.78, 5) is 10.4. The van der Waals surface area contributed by atoms with Gasteiger partial charge in [-0.3, -0.25) is 4.79 Å².